The normalized spacial score (nSPS) is 23.2. The Labute approximate surface area is 88.0 Å². The van der Waals surface area contributed by atoms with Gasteiger partial charge in [0.25, 0.3) is 5.91 Å². The van der Waals surface area contributed by atoms with E-state index in [9.17, 15) is 4.79 Å². The Hall–Kier alpha value is -1.61. The molecule has 1 atom stereocenters. The van der Waals surface area contributed by atoms with Crippen molar-refractivity contribution >= 4 is 11.6 Å². The minimum absolute atomic E-state index is 0.0473. The number of hydrogen-bond donors (Lipinski definition) is 0. The van der Waals surface area contributed by atoms with Crippen molar-refractivity contribution in [3.63, 3.8) is 0 Å². The van der Waals surface area contributed by atoms with Crippen LogP contribution in [0, 0.1) is 0 Å². The van der Waals surface area contributed by atoms with E-state index in [1.165, 1.54) is 0 Å². The molecule has 1 aromatic rings. The SMILES string of the molecule is C=C1c2ccccc2C(=O)N1CC1CO1. The summed E-state index contributed by atoms with van der Waals surface area (Å²) in [6, 6.07) is 7.58. The van der Waals surface area contributed by atoms with Gasteiger partial charge in [-0.2, -0.15) is 0 Å². The third-order valence-corrected chi connectivity index (χ3v) is 2.83. The van der Waals surface area contributed by atoms with Crippen LogP contribution < -0.4 is 0 Å². The fraction of sp³-hybridized carbons (Fsp3) is 0.250. The van der Waals surface area contributed by atoms with E-state index in [0.717, 1.165) is 23.4 Å². The van der Waals surface area contributed by atoms with Crippen LogP contribution in [-0.2, 0) is 4.74 Å². The maximum absolute atomic E-state index is 12.0. The molecular weight excluding hydrogens is 190 g/mol. The van der Waals surface area contributed by atoms with Crippen LogP contribution in [0.3, 0.4) is 0 Å². The molecule has 0 radical (unpaired) electrons. The van der Waals surface area contributed by atoms with Crippen LogP contribution in [0.5, 0.6) is 0 Å². The monoisotopic (exact) mass is 201 g/mol. The lowest BCUT2D eigenvalue weighted by Crippen LogP contribution is -2.27. The van der Waals surface area contributed by atoms with Crippen LogP contribution in [0.15, 0.2) is 30.8 Å². The minimum atomic E-state index is 0.0473. The van der Waals surface area contributed by atoms with Crippen molar-refractivity contribution in [1.29, 1.82) is 0 Å². The van der Waals surface area contributed by atoms with Gasteiger partial charge in [0.05, 0.1) is 19.3 Å². The first kappa shape index (κ1) is 8.68. The number of hydrogen-bond acceptors (Lipinski definition) is 2. The molecule has 1 amide bonds. The second-order valence-corrected chi connectivity index (χ2v) is 3.86. The Morgan fingerprint density at radius 2 is 2.07 bits per heavy atom. The van der Waals surface area contributed by atoms with Gasteiger partial charge in [0.1, 0.15) is 0 Å². The minimum Gasteiger partial charge on any atom is -0.371 e. The first-order valence-corrected chi connectivity index (χ1v) is 4.99. The highest BCUT2D eigenvalue weighted by Gasteiger charge is 2.35. The summed E-state index contributed by atoms with van der Waals surface area (Å²) in [5.41, 5.74) is 2.50. The van der Waals surface area contributed by atoms with E-state index in [4.69, 9.17) is 4.74 Å². The van der Waals surface area contributed by atoms with Crippen molar-refractivity contribution in [3.05, 3.63) is 42.0 Å². The van der Waals surface area contributed by atoms with E-state index in [0.29, 0.717) is 6.54 Å². The predicted octanol–water partition coefficient (Wildman–Crippen LogP) is 1.51. The standard InChI is InChI=1S/C12H11NO2/c1-8-10-4-2-3-5-11(10)12(14)13(8)6-9-7-15-9/h2-5,9H,1,6-7H2. The van der Waals surface area contributed by atoms with Crippen LogP contribution in [0.1, 0.15) is 15.9 Å². The molecule has 1 saturated heterocycles. The topological polar surface area (TPSA) is 32.8 Å². The number of fused-ring (bicyclic) bond motifs is 1. The maximum atomic E-state index is 12.0. The highest BCUT2D eigenvalue weighted by atomic mass is 16.6. The third-order valence-electron chi connectivity index (χ3n) is 2.83. The van der Waals surface area contributed by atoms with Crippen LogP contribution in [-0.4, -0.2) is 30.1 Å². The summed E-state index contributed by atoms with van der Waals surface area (Å²) < 4.78 is 5.13. The molecular formula is C12H11NO2. The largest absolute Gasteiger partial charge is 0.371 e. The number of nitrogens with zero attached hydrogens (tertiary/aromatic N) is 1. The van der Waals surface area contributed by atoms with Gasteiger partial charge in [0.15, 0.2) is 0 Å². The molecule has 0 spiro atoms. The molecule has 0 saturated carbocycles. The first-order chi connectivity index (χ1) is 7.27. The van der Waals surface area contributed by atoms with E-state index >= 15 is 0 Å². The van der Waals surface area contributed by atoms with Crippen molar-refractivity contribution in [1.82, 2.24) is 4.90 Å². The fourth-order valence-corrected chi connectivity index (χ4v) is 1.90. The molecule has 2 heterocycles. The average molecular weight is 201 g/mol. The molecule has 1 unspecified atom stereocenters. The van der Waals surface area contributed by atoms with Crippen LogP contribution in [0.25, 0.3) is 5.70 Å². The van der Waals surface area contributed by atoms with Crippen molar-refractivity contribution < 1.29 is 9.53 Å². The third kappa shape index (κ3) is 1.27. The van der Waals surface area contributed by atoms with Gasteiger partial charge in [-0.15, -0.1) is 0 Å². The Balaban J connectivity index is 1.96. The van der Waals surface area contributed by atoms with E-state index in [-0.39, 0.29) is 12.0 Å². The Kier molecular flexibility index (Phi) is 1.70. The zero-order valence-electron chi connectivity index (χ0n) is 8.27. The van der Waals surface area contributed by atoms with Gasteiger partial charge in [-0.25, -0.2) is 0 Å². The first-order valence-electron chi connectivity index (χ1n) is 4.99. The molecule has 0 aromatic heterocycles. The van der Waals surface area contributed by atoms with Gasteiger partial charge < -0.3 is 9.64 Å². The summed E-state index contributed by atoms with van der Waals surface area (Å²) in [6.45, 7) is 5.35. The second-order valence-electron chi connectivity index (χ2n) is 3.86. The Morgan fingerprint density at radius 1 is 1.40 bits per heavy atom. The summed E-state index contributed by atoms with van der Waals surface area (Å²) >= 11 is 0. The molecule has 2 aliphatic rings. The van der Waals surface area contributed by atoms with Crippen LogP contribution in [0.2, 0.25) is 0 Å². The number of epoxide rings is 1. The van der Waals surface area contributed by atoms with Crippen molar-refractivity contribution in [3.8, 4) is 0 Å². The van der Waals surface area contributed by atoms with Crippen LogP contribution >= 0.6 is 0 Å². The van der Waals surface area contributed by atoms with Crippen molar-refractivity contribution in [2.45, 2.75) is 6.10 Å². The summed E-state index contributed by atoms with van der Waals surface area (Å²) in [5.74, 6) is 0.0473. The molecule has 3 nitrogen and oxygen atoms in total. The molecule has 1 aromatic carbocycles. The Bertz CT molecular complexity index is 414. The molecule has 15 heavy (non-hydrogen) atoms. The molecule has 76 valence electrons. The van der Waals surface area contributed by atoms with E-state index in [2.05, 4.69) is 6.58 Å². The predicted molar refractivity (Wildman–Crippen MR) is 56.3 cm³/mol. The lowest BCUT2D eigenvalue weighted by Gasteiger charge is -2.15. The van der Waals surface area contributed by atoms with Gasteiger partial charge in [-0.3, -0.25) is 4.79 Å². The molecule has 3 rings (SSSR count). The zero-order valence-corrected chi connectivity index (χ0v) is 8.27. The summed E-state index contributed by atoms with van der Waals surface area (Å²) in [7, 11) is 0. The number of amides is 1. The quantitative estimate of drug-likeness (QED) is 0.679. The Morgan fingerprint density at radius 3 is 2.67 bits per heavy atom. The van der Waals surface area contributed by atoms with Gasteiger partial charge in [-0.05, 0) is 6.07 Å². The second kappa shape index (κ2) is 2.94. The average Bonchev–Trinajstić information content (AvgIpc) is 3.04. The molecule has 2 aliphatic heterocycles. The lowest BCUT2D eigenvalue weighted by atomic mass is 10.1. The van der Waals surface area contributed by atoms with Gasteiger partial charge in [-0.1, -0.05) is 24.8 Å². The number of carbonyl (C=O) groups excluding carboxylic acids is 1. The van der Waals surface area contributed by atoms with Crippen molar-refractivity contribution in [2.24, 2.45) is 0 Å². The molecule has 0 aliphatic carbocycles. The molecule has 1 fully saturated rings. The van der Waals surface area contributed by atoms with Gasteiger partial charge in [0.2, 0.25) is 0 Å². The van der Waals surface area contributed by atoms with Gasteiger partial charge >= 0.3 is 0 Å². The fourth-order valence-electron chi connectivity index (χ4n) is 1.90. The lowest BCUT2D eigenvalue weighted by molar-refractivity contribution is 0.0842. The molecule has 3 heteroatoms. The van der Waals surface area contributed by atoms with Gasteiger partial charge in [0, 0.05) is 16.8 Å². The number of carbonyl (C=O) groups is 1. The van der Waals surface area contributed by atoms with E-state index < -0.39 is 0 Å². The molecule has 0 N–H and O–H groups in total. The van der Waals surface area contributed by atoms with Crippen LogP contribution in [0.4, 0.5) is 0 Å². The van der Waals surface area contributed by atoms with E-state index in [1.807, 2.05) is 24.3 Å². The number of benzene rings is 1. The highest BCUT2D eigenvalue weighted by Crippen LogP contribution is 2.32. The van der Waals surface area contributed by atoms with E-state index in [1.54, 1.807) is 4.90 Å². The highest BCUT2D eigenvalue weighted by molar-refractivity contribution is 6.08. The number of ether oxygens (including phenoxy) is 1. The smallest absolute Gasteiger partial charge is 0.259 e. The maximum Gasteiger partial charge on any atom is 0.259 e. The zero-order chi connectivity index (χ0) is 10.4. The van der Waals surface area contributed by atoms with Crippen molar-refractivity contribution in [2.75, 3.05) is 13.2 Å². The number of rotatable bonds is 2. The molecule has 0 bridgehead atoms. The summed E-state index contributed by atoms with van der Waals surface area (Å²) in [4.78, 5) is 13.7. The summed E-state index contributed by atoms with van der Waals surface area (Å²) in [6.07, 6.45) is 0.208. The summed E-state index contributed by atoms with van der Waals surface area (Å²) in [5, 5.41) is 0.